The molecule has 7 heteroatoms. The van der Waals surface area contributed by atoms with Gasteiger partial charge in [-0.15, -0.1) is 12.4 Å². The Balaban J connectivity index is 0.00000192. The summed E-state index contributed by atoms with van der Waals surface area (Å²) in [7, 11) is 1.35. The molecule has 1 N–H and O–H groups in total. The second-order valence-electron chi connectivity index (χ2n) is 5.23. The Labute approximate surface area is 141 Å². The van der Waals surface area contributed by atoms with Crippen LogP contribution >= 0.6 is 12.4 Å². The smallest absolute Gasteiger partial charge is 0.373 e. The second-order valence-corrected chi connectivity index (χ2v) is 5.23. The van der Waals surface area contributed by atoms with E-state index in [-0.39, 0.29) is 24.2 Å². The number of rotatable bonds is 4. The quantitative estimate of drug-likeness (QED) is 0.861. The number of halogens is 1. The van der Waals surface area contributed by atoms with E-state index in [1.54, 1.807) is 12.3 Å². The summed E-state index contributed by atoms with van der Waals surface area (Å²) in [6.45, 7) is 3.36. The summed E-state index contributed by atoms with van der Waals surface area (Å²) in [5.74, 6) is 0.553. The number of aromatic nitrogens is 1. The van der Waals surface area contributed by atoms with Gasteiger partial charge in [0.05, 0.1) is 13.7 Å². The van der Waals surface area contributed by atoms with Crippen LogP contribution in [0.4, 0.5) is 0 Å². The van der Waals surface area contributed by atoms with E-state index in [1.807, 2.05) is 18.3 Å². The molecule has 124 valence electrons. The zero-order valence-electron chi connectivity index (χ0n) is 12.9. The molecule has 0 radical (unpaired) electrons. The van der Waals surface area contributed by atoms with Gasteiger partial charge in [-0.05, 0) is 23.8 Å². The van der Waals surface area contributed by atoms with Crippen molar-refractivity contribution in [3.05, 3.63) is 53.7 Å². The van der Waals surface area contributed by atoms with Crippen LogP contribution in [0.5, 0.6) is 0 Å². The number of carbonyl (C=O) groups is 1. The van der Waals surface area contributed by atoms with Gasteiger partial charge in [0.15, 0.2) is 0 Å². The topological polar surface area (TPSA) is 67.6 Å². The molecule has 0 saturated carbocycles. The fraction of sp³-hybridized carbons (Fsp3) is 0.375. The van der Waals surface area contributed by atoms with Crippen LogP contribution in [0.15, 0.2) is 41.1 Å². The average Bonchev–Trinajstić information content (AvgIpc) is 3.04. The molecule has 2 aromatic rings. The Morgan fingerprint density at radius 1 is 1.48 bits per heavy atom. The fourth-order valence-electron chi connectivity index (χ4n) is 2.71. The summed E-state index contributed by atoms with van der Waals surface area (Å²) >= 11 is 0. The molecule has 0 spiro atoms. The first-order valence-electron chi connectivity index (χ1n) is 7.29. The van der Waals surface area contributed by atoms with Gasteiger partial charge >= 0.3 is 5.97 Å². The predicted molar refractivity (Wildman–Crippen MR) is 87.6 cm³/mol. The number of hydrogen-bond donors (Lipinski definition) is 1. The minimum absolute atomic E-state index is 0. The largest absolute Gasteiger partial charge is 0.463 e. The average molecular weight is 338 g/mol. The van der Waals surface area contributed by atoms with Gasteiger partial charge in [0.2, 0.25) is 5.76 Å². The van der Waals surface area contributed by atoms with Gasteiger partial charge < -0.3 is 14.5 Å². The highest BCUT2D eigenvalue weighted by Crippen LogP contribution is 2.24. The van der Waals surface area contributed by atoms with Crippen LogP contribution in [-0.4, -0.2) is 42.6 Å². The van der Waals surface area contributed by atoms with Crippen LogP contribution in [0.2, 0.25) is 0 Å². The lowest BCUT2D eigenvalue weighted by molar-refractivity contribution is 0.0559. The number of nitrogens with one attached hydrogen (secondary N) is 1. The Hall–Kier alpha value is -1.89. The number of ether oxygens (including phenoxy) is 1. The van der Waals surface area contributed by atoms with Crippen molar-refractivity contribution in [3.8, 4) is 0 Å². The third kappa shape index (κ3) is 4.10. The second kappa shape index (κ2) is 8.10. The maximum Gasteiger partial charge on any atom is 0.373 e. The van der Waals surface area contributed by atoms with Gasteiger partial charge in [-0.3, -0.25) is 9.88 Å². The van der Waals surface area contributed by atoms with Gasteiger partial charge in [0.25, 0.3) is 0 Å². The first-order valence-corrected chi connectivity index (χ1v) is 7.29. The van der Waals surface area contributed by atoms with Crippen LogP contribution in [0.1, 0.15) is 27.9 Å². The van der Waals surface area contributed by atoms with E-state index in [0.717, 1.165) is 25.4 Å². The zero-order valence-corrected chi connectivity index (χ0v) is 13.7. The van der Waals surface area contributed by atoms with Gasteiger partial charge in [0.1, 0.15) is 5.76 Å². The SMILES string of the molecule is COC(=O)c1ccc(CN2CCNCC2c2cccnc2)o1.Cl. The van der Waals surface area contributed by atoms with Crippen molar-refractivity contribution >= 4 is 18.4 Å². The molecule has 0 aromatic carbocycles. The molecule has 1 saturated heterocycles. The van der Waals surface area contributed by atoms with Gasteiger partial charge in [-0.1, -0.05) is 6.07 Å². The molecule has 1 aliphatic rings. The normalized spacial score (nSPS) is 18.2. The van der Waals surface area contributed by atoms with Crippen molar-refractivity contribution in [1.29, 1.82) is 0 Å². The number of hydrogen-bond acceptors (Lipinski definition) is 6. The number of methoxy groups -OCH3 is 1. The third-order valence-corrected chi connectivity index (χ3v) is 3.83. The number of carbonyl (C=O) groups excluding carboxylic acids is 1. The maximum atomic E-state index is 11.5. The number of furan rings is 1. The standard InChI is InChI=1S/C16H19N3O3.ClH/c1-21-16(20)15-5-4-13(22-15)11-19-8-7-18-10-14(19)12-3-2-6-17-9-12;/h2-6,9,14,18H,7-8,10-11H2,1H3;1H. The first-order chi connectivity index (χ1) is 10.8. The summed E-state index contributed by atoms with van der Waals surface area (Å²) in [6.07, 6.45) is 3.67. The van der Waals surface area contributed by atoms with Crippen molar-refractivity contribution in [2.24, 2.45) is 0 Å². The summed E-state index contributed by atoms with van der Waals surface area (Å²) in [5.41, 5.74) is 1.18. The lowest BCUT2D eigenvalue weighted by Gasteiger charge is -2.35. The molecule has 3 rings (SSSR count). The molecule has 0 amide bonds. The fourth-order valence-corrected chi connectivity index (χ4v) is 2.71. The number of esters is 1. The zero-order chi connectivity index (χ0) is 15.4. The highest BCUT2D eigenvalue weighted by atomic mass is 35.5. The lowest BCUT2D eigenvalue weighted by Crippen LogP contribution is -2.45. The minimum Gasteiger partial charge on any atom is -0.463 e. The third-order valence-electron chi connectivity index (χ3n) is 3.83. The molecule has 1 aliphatic heterocycles. The molecular weight excluding hydrogens is 318 g/mol. The Morgan fingerprint density at radius 3 is 3.09 bits per heavy atom. The number of nitrogens with zero attached hydrogens (tertiary/aromatic N) is 2. The molecule has 1 fully saturated rings. The van der Waals surface area contributed by atoms with Gasteiger partial charge in [-0.2, -0.15) is 0 Å². The minimum atomic E-state index is -0.449. The van der Waals surface area contributed by atoms with E-state index < -0.39 is 5.97 Å². The van der Waals surface area contributed by atoms with E-state index in [9.17, 15) is 4.79 Å². The van der Waals surface area contributed by atoms with Crippen molar-refractivity contribution in [1.82, 2.24) is 15.2 Å². The van der Waals surface area contributed by atoms with Gasteiger partial charge in [0, 0.05) is 38.1 Å². The molecule has 0 bridgehead atoms. The van der Waals surface area contributed by atoms with E-state index in [1.165, 1.54) is 12.7 Å². The van der Waals surface area contributed by atoms with Crippen molar-refractivity contribution in [2.75, 3.05) is 26.7 Å². The maximum absolute atomic E-state index is 11.5. The predicted octanol–water partition coefficient (Wildman–Crippen LogP) is 2.03. The van der Waals surface area contributed by atoms with Crippen LogP contribution in [0, 0.1) is 0 Å². The lowest BCUT2D eigenvalue weighted by atomic mass is 10.1. The summed E-state index contributed by atoms with van der Waals surface area (Å²) in [6, 6.07) is 7.76. The van der Waals surface area contributed by atoms with E-state index in [0.29, 0.717) is 6.54 Å². The van der Waals surface area contributed by atoms with E-state index in [4.69, 9.17) is 4.42 Å². The van der Waals surface area contributed by atoms with Crippen LogP contribution < -0.4 is 5.32 Å². The molecule has 6 nitrogen and oxygen atoms in total. The highest BCUT2D eigenvalue weighted by molar-refractivity contribution is 5.86. The van der Waals surface area contributed by atoms with Crippen LogP contribution in [0.25, 0.3) is 0 Å². The van der Waals surface area contributed by atoms with Crippen LogP contribution in [0.3, 0.4) is 0 Å². The van der Waals surface area contributed by atoms with Gasteiger partial charge in [-0.25, -0.2) is 4.79 Å². The Morgan fingerprint density at radius 2 is 2.35 bits per heavy atom. The molecule has 1 unspecified atom stereocenters. The van der Waals surface area contributed by atoms with Crippen molar-refractivity contribution < 1.29 is 13.9 Å². The first kappa shape index (κ1) is 17.5. The Kier molecular flexibility index (Phi) is 6.15. The monoisotopic (exact) mass is 337 g/mol. The summed E-state index contributed by atoms with van der Waals surface area (Å²) in [4.78, 5) is 18.0. The molecule has 23 heavy (non-hydrogen) atoms. The Bertz CT molecular complexity index is 633. The molecule has 0 aliphatic carbocycles. The molecule has 3 heterocycles. The molecular formula is C16H20ClN3O3. The van der Waals surface area contributed by atoms with Crippen molar-refractivity contribution in [3.63, 3.8) is 0 Å². The van der Waals surface area contributed by atoms with E-state index >= 15 is 0 Å². The van der Waals surface area contributed by atoms with Crippen LogP contribution in [-0.2, 0) is 11.3 Å². The number of pyridine rings is 1. The molecule has 1 atom stereocenters. The highest BCUT2D eigenvalue weighted by Gasteiger charge is 2.25. The van der Waals surface area contributed by atoms with E-state index in [2.05, 4.69) is 26.0 Å². The number of piperazine rings is 1. The summed E-state index contributed by atoms with van der Waals surface area (Å²) in [5, 5.41) is 3.41. The summed E-state index contributed by atoms with van der Waals surface area (Å²) < 4.78 is 10.2. The van der Waals surface area contributed by atoms with Crippen molar-refractivity contribution in [2.45, 2.75) is 12.6 Å². The molecule has 2 aromatic heterocycles.